The molecule has 0 unspecified atom stereocenters. The second-order valence-corrected chi connectivity index (χ2v) is 9.84. The van der Waals surface area contributed by atoms with Gasteiger partial charge < -0.3 is 5.11 Å². The molecule has 4 rings (SSSR count). The standard InChI is InChI=1S/C18H23N3O2S.CH2O2/c19-11-14-2-1-3-15(8-14)12-21-7-6-18(13-21)9-16(10-18)20-24(22,23)17-4-5-17;2-1-3/h1-3,8,16-17,20H,4-7,9-10,12-13H2;1H,(H,2,3). The molecule has 1 saturated heterocycles. The topological polar surface area (TPSA) is 111 Å². The molecule has 1 aromatic carbocycles. The third-order valence-electron chi connectivity index (χ3n) is 5.63. The highest BCUT2D eigenvalue weighted by atomic mass is 32.2. The van der Waals surface area contributed by atoms with Crippen LogP contribution < -0.4 is 4.72 Å². The average Bonchev–Trinajstić information content (AvgIpc) is 3.38. The fourth-order valence-electron chi connectivity index (χ4n) is 4.27. The minimum atomic E-state index is -3.06. The first kappa shape index (κ1) is 19.8. The number of likely N-dealkylation sites (tertiary alicyclic amines) is 1. The Morgan fingerprint density at radius 1 is 1.37 bits per heavy atom. The molecule has 2 aliphatic carbocycles. The van der Waals surface area contributed by atoms with Gasteiger partial charge in [0.15, 0.2) is 0 Å². The van der Waals surface area contributed by atoms with E-state index in [1.807, 2.05) is 18.2 Å². The molecule has 146 valence electrons. The van der Waals surface area contributed by atoms with Crippen LogP contribution in [-0.4, -0.2) is 49.3 Å². The highest BCUT2D eigenvalue weighted by Crippen LogP contribution is 2.49. The van der Waals surface area contributed by atoms with Gasteiger partial charge in [0.1, 0.15) is 0 Å². The summed E-state index contributed by atoms with van der Waals surface area (Å²) >= 11 is 0. The number of nitrogens with one attached hydrogen (secondary N) is 1. The van der Waals surface area contributed by atoms with Crippen LogP contribution in [0.2, 0.25) is 0 Å². The van der Waals surface area contributed by atoms with Crippen LogP contribution in [0.3, 0.4) is 0 Å². The van der Waals surface area contributed by atoms with E-state index in [2.05, 4.69) is 21.8 Å². The van der Waals surface area contributed by atoms with Crippen molar-refractivity contribution in [2.75, 3.05) is 13.1 Å². The molecule has 7 nitrogen and oxygen atoms in total. The van der Waals surface area contributed by atoms with Crippen LogP contribution in [-0.2, 0) is 21.4 Å². The van der Waals surface area contributed by atoms with Crippen molar-refractivity contribution in [1.82, 2.24) is 9.62 Å². The van der Waals surface area contributed by atoms with Gasteiger partial charge >= 0.3 is 0 Å². The van der Waals surface area contributed by atoms with E-state index in [4.69, 9.17) is 15.2 Å². The molecule has 2 saturated carbocycles. The molecule has 1 spiro atoms. The number of carboxylic acid groups (broad SMARTS) is 1. The van der Waals surface area contributed by atoms with Crippen LogP contribution in [0, 0.1) is 16.7 Å². The maximum absolute atomic E-state index is 12.0. The normalized spacial score (nSPS) is 27.3. The van der Waals surface area contributed by atoms with Crippen molar-refractivity contribution in [3.63, 3.8) is 0 Å². The zero-order valence-corrected chi connectivity index (χ0v) is 16.0. The Morgan fingerprint density at radius 3 is 2.70 bits per heavy atom. The maximum Gasteiger partial charge on any atom is 0.290 e. The second kappa shape index (κ2) is 7.97. The number of hydrogen-bond acceptors (Lipinski definition) is 5. The number of sulfonamides is 1. The van der Waals surface area contributed by atoms with E-state index in [0.717, 1.165) is 51.7 Å². The largest absolute Gasteiger partial charge is 0.483 e. The Morgan fingerprint density at radius 2 is 2.07 bits per heavy atom. The molecular formula is C19H25N3O4S. The lowest BCUT2D eigenvalue weighted by atomic mass is 9.65. The van der Waals surface area contributed by atoms with Gasteiger partial charge in [-0.3, -0.25) is 9.69 Å². The van der Waals surface area contributed by atoms with Gasteiger partial charge in [0.05, 0.1) is 16.9 Å². The quantitative estimate of drug-likeness (QED) is 0.739. The summed E-state index contributed by atoms with van der Waals surface area (Å²) in [6.45, 7) is 2.71. The van der Waals surface area contributed by atoms with Crippen LogP contribution in [0.5, 0.6) is 0 Å². The Bertz CT molecular complexity index is 824. The van der Waals surface area contributed by atoms with Gasteiger partial charge in [0.25, 0.3) is 6.47 Å². The lowest BCUT2D eigenvalue weighted by Gasteiger charge is -2.45. The average molecular weight is 391 g/mol. The summed E-state index contributed by atoms with van der Waals surface area (Å²) in [4.78, 5) is 10.8. The fourth-order valence-corrected chi connectivity index (χ4v) is 5.85. The smallest absolute Gasteiger partial charge is 0.290 e. The lowest BCUT2D eigenvalue weighted by Crippen LogP contribution is -2.52. The molecular weight excluding hydrogens is 366 g/mol. The first-order chi connectivity index (χ1) is 12.9. The van der Waals surface area contributed by atoms with Crippen molar-refractivity contribution in [3.8, 4) is 6.07 Å². The summed E-state index contributed by atoms with van der Waals surface area (Å²) in [5, 5.41) is 15.8. The number of hydrogen-bond donors (Lipinski definition) is 2. The predicted octanol–water partition coefficient (Wildman–Crippen LogP) is 1.70. The molecule has 27 heavy (non-hydrogen) atoms. The van der Waals surface area contributed by atoms with Crippen LogP contribution in [0.15, 0.2) is 24.3 Å². The molecule has 8 heteroatoms. The summed E-state index contributed by atoms with van der Waals surface area (Å²) < 4.78 is 26.9. The number of benzene rings is 1. The van der Waals surface area contributed by atoms with Crippen LogP contribution in [0.1, 0.15) is 43.2 Å². The summed E-state index contributed by atoms with van der Waals surface area (Å²) in [5.74, 6) is 0. The number of carbonyl (C=O) groups is 1. The van der Waals surface area contributed by atoms with Gasteiger partial charge in [0, 0.05) is 19.1 Å². The number of rotatable bonds is 5. The SMILES string of the molecule is N#Cc1cccc(CN2CCC3(CC(NS(=O)(=O)C4CC4)C3)C2)c1.O=CO. The van der Waals surface area contributed by atoms with Crippen molar-refractivity contribution in [2.24, 2.45) is 5.41 Å². The minimum Gasteiger partial charge on any atom is -0.483 e. The molecule has 3 fully saturated rings. The summed E-state index contributed by atoms with van der Waals surface area (Å²) in [6, 6.07) is 10.1. The number of nitriles is 1. The molecule has 3 aliphatic rings. The Kier molecular flexibility index (Phi) is 5.84. The molecule has 0 aromatic heterocycles. The van der Waals surface area contributed by atoms with E-state index in [0.29, 0.717) is 11.0 Å². The van der Waals surface area contributed by atoms with Crippen molar-refractivity contribution >= 4 is 16.5 Å². The fraction of sp³-hybridized carbons (Fsp3) is 0.579. The molecule has 0 atom stereocenters. The van der Waals surface area contributed by atoms with E-state index >= 15 is 0 Å². The molecule has 0 amide bonds. The highest BCUT2D eigenvalue weighted by Gasteiger charge is 2.50. The van der Waals surface area contributed by atoms with Gasteiger partial charge in [-0.25, -0.2) is 13.1 Å². The van der Waals surface area contributed by atoms with Crippen molar-refractivity contribution in [1.29, 1.82) is 5.26 Å². The maximum atomic E-state index is 12.0. The molecule has 1 aromatic rings. The monoisotopic (exact) mass is 391 g/mol. The summed E-state index contributed by atoms with van der Waals surface area (Å²) in [5.41, 5.74) is 2.18. The second-order valence-electron chi connectivity index (χ2n) is 7.85. The van der Waals surface area contributed by atoms with E-state index in [-0.39, 0.29) is 17.8 Å². The molecule has 1 heterocycles. The van der Waals surface area contributed by atoms with Crippen molar-refractivity contribution in [3.05, 3.63) is 35.4 Å². The van der Waals surface area contributed by atoms with Gasteiger partial charge in [-0.1, -0.05) is 12.1 Å². The van der Waals surface area contributed by atoms with Gasteiger partial charge in [-0.05, 0) is 61.8 Å². The van der Waals surface area contributed by atoms with Gasteiger partial charge in [-0.15, -0.1) is 0 Å². The Hall–Kier alpha value is -1.95. The van der Waals surface area contributed by atoms with Crippen molar-refractivity contribution < 1.29 is 18.3 Å². The van der Waals surface area contributed by atoms with E-state index in [1.54, 1.807) is 0 Å². The number of nitrogens with zero attached hydrogens (tertiary/aromatic N) is 2. The Labute approximate surface area is 160 Å². The summed E-state index contributed by atoms with van der Waals surface area (Å²) in [6.07, 6.45) is 4.72. The first-order valence-corrected chi connectivity index (χ1v) is 10.7. The summed E-state index contributed by atoms with van der Waals surface area (Å²) in [7, 11) is -3.06. The zero-order chi connectivity index (χ0) is 19.5. The van der Waals surface area contributed by atoms with E-state index < -0.39 is 10.0 Å². The van der Waals surface area contributed by atoms with E-state index in [9.17, 15) is 8.42 Å². The van der Waals surface area contributed by atoms with Gasteiger partial charge in [-0.2, -0.15) is 5.26 Å². The predicted molar refractivity (Wildman–Crippen MR) is 100 cm³/mol. The minimum absolute atomic E-state index is 0.124. The van der Waals surface area contributed by atoms with Crippen LogP contribution in [0.25, 0.3) is 0 Å². The third kappa shape index (κ3) is 4.86. The molecule has 0 bridgehead atoms. The first-order valence-electron chi connectivity index (χ1n) is 9.20. The zero-order valence-electron chi connectivity index (χ0n) is 15.2. The van der Waals surface area contributed by atoms with Crippen molar-refractivity contribution in [2.45, 2.75) is 49.9 Å². The lowest BCUT2D eigenvalue weighted by molar-refractivity contribution is -0.122. The Balaban J connectivity index is 0.000000659. The molecule has 1 aliphatic heterocycles. The van der Waals surface area contributed by atoms with E-state index in [1.165, 1.54) is 5.56 Å². The highest BCUT2D eigenvalue weighted by molar-refractivity contribution is 7.90. The molecule has 2 N–H and O–H groups in total. The molecule has 0 radical (unpaired) electrons. The van der Waals surface area contributed by atoms with Gasteiger partial charge in [0.2, 0.25) is 10.0 Å². The van der Waals surface area contributed by atoms with Crippen LogP contribution in [0.4, 0.5) is 0 Å². The van der Waals surface area contributed by atoms with Crippen LogP contribution >= 0.6 is 0 Å². The third-order valence-corrected chi connectivity index (χ3v) is 7.64.